The Morgan fingerprint density at radius 3 is 2.62 bits per heavy atom. The summed E-state index contributed by atoms with van der Waals surface area (Å²) in [6.07, 6.45) is 1.18. The van der Waals surface area contributed by atoms with E-state index in [0.717, 1.165) is 13.1 Å². The van der Waals surface area contributed by atoms with E-state index in [1.54, 1.807) is 7.05 Å². The van der Waals surface area contributed by atoms with Crippen molar-refractivity contribution in [3.05, 3.63) is 70.8 Å². The summed E-state index contributed by atoms with van der Waals surface area (Å²) in [4.78, 5) is 11.5. The normalized spacial score (nSPS) is 16.0. The molecule has 3 rings (SSSR count). The third-order valence-corrected chi connectivity index (χ3v) is 4.12. The average molecular weight is 280 g/mol. The van der Waals surface area contributed by atoms with Crippen LogP contribution >= 0.6 is 0 Å². The van der Waals surface area contributed by atoms with Crippen LogP contribution in [0.3, 0.4) is 0 Å². The molecular formula is C18H20N2O. The van der Waals surface area contributed by atoms with Crippen LogP contribution in [-0.4, -0.2) is 19.5 Å². The maximum absolute atomic E-state index is 11.5. The van der Waals surface area contributed by atoms with Gasteiger partial charge >= 0.3 is 0 Å². The highest BCUT2D eigenvalue weighted by Gasteiger charge is 2.24. The molecule has 2 N–H and O–H groups in total. The van der Waals surface area contributed by atoms with Crippen LogP contribution in [0.4, 0.5) is 0 Å². The Balaban J connectivity index is 1.49. The van der Waals surface area contributed by atoms with Crippen LogP contribution in [0, 0.1) is 0 Å². The molecule has 1 aliphatic rings. The van der Waals surface area contributed by atoms with E-state index in [0.29, 0.717) is 11.5 Å². The van der Waals surface area contributed by atoms with Crippen LogP contribution in [0.15, 0.2) is 48.5 Å². The van der Waals surface area contributed by atoms with Crippen molar-refractivity contribution in [2.45, 2.75) is 18.9 Å². The van der Waals surface area contributed by atoms with Crippen LogP contribution in [0.2, 0.25) is 0 Å². The van der Waals surface area contributed by atoms with Crippen LogP contribution in [0.5, 0.6) is 0 Å². The molecule has 1 atom stereocenters. The summed E-state index contributed by atoms with van der Waals surface area (Å²) >= 11 is 0. The molecule has 1 amide bonds. The van der Waals surface area contributed by atoms with Crippen LogP contribution in [0.25, 0.3) is 0 Å². The Hall–Kier alpha value is -2.13. The lowest BCUT2D eigenvalue weighted by molar-refractivity contribution is 0.0963. The van der Waals surface area contributed by atoms with Crippen molar-refractivity contribution in [2.24, 2.45) is 0 Å². The van der Waals surface area contributed by atoms with Gasteiger partial charge in [0.25, 0.3) is 5.91 Å². The van der Waals surface area contributed by atoms with Crippen LogP contribution < -0.4 is 10.6 Å². The SMILES string of the molecule is CNC(=O)c1ccc(CNCC2Cc3ccccc32)cc1. The monoisotopic (exact) mass is 280 g/mol. The number of hydrogen-bond donors (Lipinski definition) is 2. The predicted octanol–water partition coefficient (Wildman–Crippen LogP) is 2.48. The minimum absolute atomic E-state index is 0.0411. The highest BCUT2D eigenvalue weighted by atomic mass is 16.1. The highest BCUT2D eigenvalue weighted by Crippen LogP contribution is 2.33. The second-order valence-electron chi connectivity index (χ2n) is 5.51. The largest absolute Gasteiger partial charge is 0.355 e. The fourth-order valence-electron chi connectivity index (χ4n) is 2.85. The van der Waals surface area contributed by atoms with Gasteiger partial charge in [0.2, 0.25) is 0 Å². The van der Waals surface area contributed by atoms with Gasteiger partial charge in [0.15, 0.2) is 0 Å². The minimum atomic E-state index is -0.0411. The molecule has 2 aromatic rings. The molecule has 0 bridgehead atoms. The van der Waals surface area contributed by atoms with Crippen molar-refractivity contribution in [1.29, 1.82) is 0 Å². The molecular weight excluding hydrogens is 260 g/mol. The molecule has 1 unspecified atom stereocenters. The first kappa shape index (κ1) is 13.8. The van der Waals surface area contributed by atoms with Gasteiger partial charge in [0.05, 0.1) is 0 Å². The summed E-state index contributed by atoms with van der Waals surface area (Å²) < 4.78 is 0. The van der Waals surface area contributed by atoms with Crippen molar-refractivity contribution in [2.75, 3.05) is 13.6 Å². The molecule has 0 saturated carbocycles. The zero-order valence-corrected chi connectivity index (χ0v) is 12.2. The van der Waals surface area contributed by atoms with Crippen molar-refractivity contribution in [1.82, 2.24) is 10.6 Å². The number of fused-ring (bicyclic) bond motifs is 1. The quantitative estimate of drug-likeness (QED) is 0.883. The third-order valence-electron chi connectivity index (χ3n) is 4.12. The topological polar surface area (TPSA) is 41.1 Å². The number of carbonyl (C=O) groups excluding carboxylic acids is 1. The van der Waals surface area contributed by atoms with E-state index in [1.165, 1.54) is 23.1 Å². The molecule has 21 heavy (non-hydrogen) atoms. The number of benzene rings is 2. The van der Waals surface area contributed by atoms with E-state index in [2.05, 4.69) is 34.9 Å². The lowest BCUT2D eigenvalue weighted by Crippen LogP contribution is -2.28. The average Bonchev–Trinajstić information content (AvgIpc) is 2.51. The standard InChI is InChI=1S/C18H20N2O/c1-19-18(21)14-8-6-13(7-9-14)11-20-12-16-10-15-4-2-3-5-17(15)16/h2-9,16,20H,10-12H2,1H3,(H,19,21). The van der Waals surface area contributed by atoms with Crippen molar-refractivity contribution in [3.63, 3.8) is 0 Å². The van der Waals surface area contributed by atoms with Gasteiger partial charge in [-0.15, -0.1) is 0 Å². The fraction of sp³-hybridized carbons (Fsp3) is 0.278. The Labute approximate surface area is 125 Å². The van der Waals surface area contributed by atoms with Crippen molar-refractivity contribution >= 4 is 5.91 Å². The summed E-state index contributed by atoms with van der Waals surface area (Å²) in [5.74, 6) is 0.604. The fourth-order valence-corrected chi connectivity index (χ4v) is 2.85. The molecule has 3 nitrogen and oxygen atoms in total. The molecule has 0 saturated heterocycles. The van der Waals surface area contributed by atoms with Gasteiger partial charge < -0.3 is 10.6 Å². The Morgan fingerprint density at radius 1 is 1.14 bits per heavy atom. The summed E-state index contributed by atoms with van der Waals surface area (Å²) in [6.45, 7) is 1.85. The number of carbonyl (C=O) groups is 1. The molecule has 1 aliphatic carbocycles. The van der Waals surface area contributed by atoms with Gasteiger partial charge in [-0.25, -0.2) is 0 Å². The van der Waals surface area contributed by atoms with E-state index in [9.17, 15) is 4.79 Å². The third kappa shape index (κ3) is 2.98. The van der Waals surface area contributed by atoms with Gasteiger partial charge in [-0.1, -0.05) is 36.4 Å². The van der Waals surface area contributed by atoms with Crippen LogP contribution in [0.1, 0.15) is 33.0 Å². The second kappa shape index (κ2) is 6.10. The molecule has 3 heteroatoms. The summed E-state index contributed by atoms with van der Waals surface area (Å²) in [7, 11) is 1.65. The molecule has 0 aromatic heterocycles. The van der Waals surface area contributed by atoms with Gasteiger partial charge in [0, 0.05) is 31.6 Å². The smallest absolute Gasteiger partial charge is 0.251 e. The first-order chi connectivity index (χ1) is 10.3. The summed E-state index contributed by atoms with van der Waals surface area (Å²) in [5, 5.41) is 6.14. The first-order valence-electron chi connectivity index (χ1n) is 7.37. The molecule has 0 aliphatic heterocycles. The maximum Gasteiger partial charge on any atom is 0.251 e. The van der Waals surface area contributed by atoms with E-state index in [1.807, 2.05) is 24.3 Å². The number of nitrogens with one attached hydrogen (secondary N) is 2. The van der Waals surface area contributed by atoms with Gasteiger partial charge in [-0.2, -0.15) is 0 Å². The zero-order valence-electron chi connectivity index (χ0n) is 12.2. The Kier molecular flexibility index (Phi) is 4.02. The van der Waals surface area contributed by atoms with E-state index in [-0.39, 0.29) is 5.91 Å². The van der Waals surface area contributed by atoms with Gasteiger partial charge in [-0.05, 0) is 35.2 Å². The Morgan fingerprint density at radius 2 is 1.90 bits per heavy atom. The van der Waals surface area contributed by atoms with Crippen molar-refractivity contribution in [3.8, 4) is 0 Å². The van der Waals surface area contributed by atoms with Crippen LogP contribution in [-0.2, 0) is 13.0 Å². The highest BCUT2D eigenvalue weighted by molar-refractivity contribution is 5.93. The first-order valence-corrected chi connectivity index (χ1v) is 7.37. The second-order valence-corrected chi connectivity index (χ2v) is 5.51. The molecule has 0 fully saturated rings. The van der Waals surface area contributed by atoms with E-state index in [4.69, 9.17) is 0 Å². The Bertz CT molecular complexity index is 634. The van der Waals surface area contributed by atoms with Crippen molar-refractivity contribution < 1.29 is 4.79 Å². The summed E-state index contributed by atoms with van der Waals surface area (Å²) in [5.41, 5.74) is 4.88. The molecule has 108 valence electrons. The van der Waals surface area contributed by atoms with Gasteiger partial charge in [0.1, 0.15) is 0 Å². The lowest BCUT2D eigenvalue weighted by Gasteiger charge is -2.30. The van der Waals surface area contributed by atoms with E-state index < -0.39 is 0 Å². The molecule has 0 radical (unpaired) electrons. The number of hydrogen-bond acceptors (Lipinski definition) is 2. The minimum Gasteiger partial charge on any atom is -0.355 e. The van der Waals surface area contributed by atoms with E-state index >= 15 is 0 Å². The molecule has 0 spiro atoms. The lowest BCUT2D eigenvalue weighted by atomic mass is 9.77. The molecule has 2 aromatic carbocycles. The summed E-state index contributed by atoms with van der Waals surface area (Å²) in [6, 6.07) is 16.4. The number of rotatable bonds is 5. The predicted molar refractivity (Wildman–Crippen MR) is 84.4 cm³/mol. The van der Waals surface area contributed by atoms with Gasteiger partial charge in [-0.3, -0.25) is 4.79 Å². The molecule has 0 heterocycles. The zero-order chi connectivity index (χ0) is 14.7. The maximum atomic E-state index is 11.5. The number of amides is 1.